The molecule has 234 valence electrons. The van der Waals surface area contributed by atoms with Crippen molar-refractivity contribution >= 4 is 23.7 Å². The number of carbonyl (C=O) groups excluding carboxylic acids is 3. The van der Waals surface area contributed by atoms with Crippen LogP contribution in [-0.2, 0) is 20.9 Å². The number of aliphatic hydroxyl groups is 1. The van der Waals surface area contributed by atoms with Gasteiger partial charge < -0.3 is 24.5 Å². The molecule has 0 aliphatic carbocycles. The maximum Gasteiger partial charge on any atom is 0.308 e. The molecule has 4 aromatic rings. The van der Waals surface area contributed by atoms with E-state index in [1.165, 1.54) is 25.3 Å². The number of ether oxygens (including phenoxy) is 2. The number of allylic oxidation sites excluding steroid dienone is 1. The fraction of sp³-hybridized carbons (Fsp3) is 0.250. The van der Waals surface area contributed by atoms with Crippen molar-refractivity contribution in [3.8, 4) is 28.0 Å². The van der Waals surface area contributed by atoms with Crippen molar-refractivity contribution in [2.24, 2.45) is 0 Å². The minimum atomic E-state index is -1.21. The number of nitrogens with one attached hydrogen (secondary N) is 1. The number of aromatic nitrogens is 1. The van der Waals surface area contributed by atoms with Crippen LogP contribution in [0.3, 0.4) is 0 Å². The lowest BCUT2D eigenvalue weighted by Gasteiger charge is -2.17. The van der Waals surface area contributed by atoms with Crippen LogP contribution in [0.15, 0.2) is 84.9 Å². The highest BCUT2D eigenvalue weighted by molar-refractivity contribution is 6.07. The van der Waals surface area contributed by atoms with Crippen molar-refractivity contribution in [1.82, 2.24) is 9.88 Å². The maximum absolute atomic E-state index is 14.2. The van der Waals surface area contributed by atoms with Crippen LogP contribution in [0.4, 0.5) is 4.39 Å². The zero-order chi connectivity index (χ0) is 32.5. The van der Waals surface area contributed by atoms with Gasteiger partial charge in [0.05, 0.1) is 32.4 Å². The summed E-state index contributed by atoms with van der Waals surface area (Å²) in [7, 11) is 2.79. The first kappa shape index (κ1) is 32.9. The zero-order valence-electron chi connectivity index (χ0n) is 25.7. The highest BCUT2D eigenvalue weighted by Gasteiger charge is 2.29. The number of aliphatic hydroxyl groups excluding tert-OH is 1. The minimum absolute atomic E-state index is 0.237. The van der Waals surface area contributed by atoms with E-state index in [1.807, 2.05) is 73.0 Å². The molecule has 3 aromatic carbocycles. The number of carbonyl (C=O) groups is 3. The molecule has 0 spiro atoms. The van der Waals surface area contributed by atoms with Gasteiger partial charge in [0.2, 0.25) is 0 Å². The van der Waals surface area contributed by atoms with Gasteiger partial charge >= 0.3 is 5.97 Å². The van der Waals surface area contributed by atoms with Crippen LogP contribution in [0.2, 0.25) is 0 Å². The summed E-state index contributed by atoms with van der Waals surface area (Å²) in [4.78, 5) is 38.7. The molecule has 9 heteroatoms. The highest BCUT2D eigenvalue weighted by atomic mass is 19.1. The first-order chi connectivity index (χ1) is 21.6. The number of halogens is 1. The first-order valence-electron chi connectivity index (χ1n) is 14.6. The molecule has 1 amide bonds. The third-order valence-electron chi connectivity index (χ3n) is 7.25. The molecule has 0 unspecified atom stereocenters. The molecule has 8 nitrogen and oxygen atoms in total. The second kappa shape index (κ2) is 15.1. The van der Waals surface area contributed by atoms with Crippen molar-refractivity contribution < 1.29 is 33.4 Å². The lowest BCUT2D eigenvalue weighted by Crippen LogP contribution is -2.27. The Morgan fingerprint density at radius 1 is 0.911 bits per heavy atom. The van der Waals surface area contributed by atoms with E-state index in [-0.39, 0.29) is 31.3 Å². The summed E-state index contributed by atoms with van der Waals surface area (Å²) < 4.78 is 25.9. The van der Waals surface area contributed by atoms with E-state index in [0.717, 1.165) is 11.1 Å². The third-order valence-corrected chi connectivity index (χ3v) is 7.25. The minimum Gasteiger partial charge on any atom is -0.497 e. The average molecular weight is 613 g/mol. The number of hydrogen-bond donors (Lipinski definition) is 2. The van der Waals surface area contributed by atoms with Crippen LogP contribution < -0.4 is 10.1 Å². The monoisotopic (exact) mass is 612 g/mol. The average Bonchev–Trinajstić information content (AvgIpc) is 3.39. The third kappa shape index (κ3) is 8.13. The number of ketones is 1. The van der Waals surface area contributed by atoms with Gasteiger partial charge in [0.25, 0.3) is 5.91 Å². The van der Waals surface area contributed by atoms with Crippen molar-refractivity contribution in [2.45, 2.75) is 45.4 Å². The molecular weight excluding hydrogens is 575 g/mol. The molecule has 0 saturated heterocycles. The summed E-state index contributed by atoms with van der Waals surface area (Å²) in [6.45, 7) is 4.10. The van der Waals surface area contributed by atoms with Gasteiger partial charge in [0.1, 0.15) is 17.3 Å². The quantitative estimate of drug-likeness (QED) is 0.134. The Bertz CT molecular complexity index is 1680. The molecule has 0 aliphatic rings. The standard InChI is InChI=1S/C36H37FN2O6/c1-23(2)39-31(18-17-28(40)20-29(41)21-32(42)45-4)33(26-13-15-27(37)16-14-26)34(25-10-6-5-7-11-25)35(39)36(43)38-22-24-9-8-12-30(19-24)44-3/h5-19,23,29,41H,20-22H2,1-4H3,(H,38,43)/b18-17+/t29-/m1/s1. The number of nitrogens with zero attached hydrogens (tertiary/aromatic N) is 1. The van der Waals surface area contributed by atoms with E-state index in [1.54, 1.807) is 25.3 Å². The molecule has 0 fully saturated rings. The summed E-state index contributed by atoms with van der Waals surface area (Å²) in [5.41, 5.74) is 4.44. The normalized spacial score (nSPS) is 11.9. The van der Waals surface area contributed by atoms with Crippen molar-refractivity contribution in [1.29, 1.82) is 0 Å². The summed E-state index contributed by atoms with van der Waals surface area (Å²) in [6.07, 6.45) is 1.13. The van der Waals surface area contributed by atoms with Gasteiger partial charge in [0, 0.05) is 30.1 Å². The molecule has 1 aromatic heterocycles. The topological polar surface area (TPSA) is 107 Å². The number of rotatable bonds is 13. The molecule has 2 N–H and O–H groups in total. The number of methoxy groups -OCH3 is 2. The molecule has 1 heterocycles. The molecule has 0 saturated carbocycles. The predicted molar refractivity (Wildman–Crippen MR) is 171 cm³/mol. The highest BCUT2D eigenvalue weighted by Crippen LogP contribution is 2.42. The zero-order valence-corrected chi connectivity index (χ0v) is 25.7. The Morgan fingerprint density at radius 2 is 1.60 bits per heavy atom. The van der Waals surface area contributed by atoms with E-state index >= 15 is 0 Å². The Morgan fingerprint density at radius 3 is 2.24 bits per heavy atom. The van der Waals surface area contributed by atoms with E-state index in [0.29, 0.717) is 33.8 Å². The largest absolute Gasteiger partial charge is 0.497 e. The molecule has 0 aliphatic heterocycles. The van der Waals surface area contributed by atoms with Gasteiger partial charge in [-0.1, -0.05) is 54.6 Å². The molecule has 4 rings (SSSR count). The van der Waals surface area contributed by atoms with Crippen molar-refractivity contribution in [3.63, 3.8) is 0 Å². The lowest BCUT2D eigenvalue weighted by atomic mass is 9.94. The van der Waals surface area contributed by atoms with Gasteiger partial charge in [-0.15, -0.1) is 0 Å². The van der Waals surface area contributed by atoms with Crippen molar-refractivity contribution in [3.05, 3.63) is 108 Å². The first-order valence-corrected chi connectivity index (χ1v) is 14.6. The van der Waals surface area contributed by atoms with E-state index in [4.69, 9.17) is 4.74 Å². The maximum atomic E-state index is 14.2. The number of esters is 1. The predicted octanol–water partition coefficient (Wildman–Crippen LogP) is 6.38. The number of hydrogen-bond acceptors (Lipinski definition) is 6. The van der Waals surface area contributed by atoms with Crippen LogP contribution in [0.1, 0.15) is 54.5 Å². The SMILES string of the molecule is COC(=O)C[C@H](O)CC(=O)/C=C/c1c(-c2ccc(F)cc2)c(-c2ccccc2)c(C(=O)NCc2cccc(OC)c2)n1C(C)C. The summed E-state index contributed by atoms with van der Waals surface area (Å²) in [5, 5.41) is 13.3. The molecule has 1 atom stereocenters. The molecule has 45 heavy (non-hydrogen) atoms. The summed E-state index contributed by atoms with van der Waals surface area (Å²) in [5.74, 6) is -1.12. The summed E-state index contributed by atoms with van der Waals surface area (Å²) in [6, 6.07) is 22.6. The van der Waals surface area contributed by atoms with E-state index in [9.17, 15) is 23.9 Å². The van der Waals surface area contributed by atoms with Crippen molar-refractivity contribution in [2.75, 3.05) is 14.2 Å². The molecule has 0 bridgehead atoms. The van der Waals surface area contributed by atoms with E-state index < -0.39 is 23.7 Å². The van der Waals surface area contributed by atoms with Gasteiger partial charge in [-0.25, -0.2) is 4.39 Å². The molecule has 0 radical (unpaired) electrons. The second-order valence-electron chi connectivity index (χ2n) is 10.8. The number of benzene rings is 3. The van der Waals surface area contributed by atoms with Crippen LogP contribution in [0.25, 0.3) is 28.3 Å². The smallest absolute Gasteiger partial charge is 0.308 e. The Kier molecular flexibility index (Phi) is 11.0. The van der Waals surface area contributed by atoms with Gasteiger partial charge in [-0.05, 0) is 67.0 Å². The van der Waals surface area contributed by atoms with Gasteiger partial charge in [-0.3, -0.25) is 14.4 Å². The van der Waals surface area contributed by atoms with E-state index in [2.05, 4.69) is 10.1 Å². The fourth-order valence-electron chi connectivity index (χ4n) is 5.19. The molecular formula is C36H37FN2O6. The van der Waals surface area contributed by atoms with Gasteiger partial charge in [0.15, 0.2) is 5.78 Å². The number of amides is 1. The fourth-order valence-corrected chi connectivity index (χ4v) is 5.19. The van der Waals surface area contributed by atoms with Crippen LogP contribution >= 0.6 is 0 Å². The second-order valence-corrected chi connectivity index (χ2v) is 10.8. The van der Waals surface area contributed by atoms with Crippen LogP contribution in [0.5, 0.6) is 5.75 Å². The lowest BCUT2D eigenvalue weighted by molar-refractivity contribution is -0.143. The Hall–Kier alpha value is -5.02. The van der Waals surface area contributed by atoms with Crippen LogP contribution in [-0.4, -0.2) is 47.7 Å². The summed E-state index contributed by atoms with van der Waals surface area (Å²) >= 11 is 0. The van der Waals surface area contributed by atoms with Crippen LogP contribution in [0, 0.1) is 5.82 Å². The Balaban J connectivity index is 1.88. The Labute approximate surface area is 262 Å². The van der Waals surface area contributed by atoms with Gasteiger partial charge in [-0.2, -0.15) is 0 Å².